The average Bonchev–Trinajstić information content (AvgIpc) is 2.89. The number of rotatable bonds is 1. The van der Waals surface area contributed by atoms with E-state index in [4.69, 9.17) is 4.74 Å². The lowest BCUT2D eigenvalue weighted by Crippen LogP contribution is -2.54. The predicted molar refractivity (Wildman–Crippen MR) is 92.1 cm³/mol. The Morgan fingerprint density at radius 1 is 0.840 bits per heavy atom. The Bertz CT molecular complexity index is 518. The number of alkyl halides is 3. The van der Waals surface area contributed by atoms with Crippen LogP contribution in [0.15, 0.2) is 0 Å². The standard InChI is InChI=1S/C21H33F3O/c1-19-10-8-14(21(22,23)24)12-13(19)4-5-15-16-6-7-18(25-3)20(16,2)11-9-17(15)19/h13-18H,4-12H2,1-3H3/t13-,14+,15+,16+,17+,18+,19+,20+/m1/s1. The summed E-state index contributed by atoms with van der Waals surface area (Å²) in [5.74, 6) is 1.28. The molecule has 8 atom stereocenters. The minimum Gasteiger partial charge on any atom is -0.381 e. The first-order valence-corrected chi connectivity index (χ1v) is 10.3. The van der Waals surface area contributed by atoms with E-state index < -0.39 is 12.1 Å². The van der Waals surface area contributed by atoms with Crippen LogP contribution in [0.4, 0.5) is 13.2 Å². The molecule has 0 radical (unpaired) electrons. The Balaban J connectivity index is 1.56. The van der Waals surface area contributed by atoms with E-state index in [0.29, 0.717) is 42.1 Å². The second-order valence-corrected chi connectivity index (χ2v) is 10.0. The van der Waals surface area contributed by atoms with E-state index in [1.54, 1.807) is 0 Å². The maximum absolute atomic E-state index is 13.3. The Morgan fingerprint density at radius 2 is 1.52 bits per heavy atom. The van der Waals surface area contributed by atoms with Gasteiger partial charge in [0.1, 0.15) is 0 Å². The van der Waals surface area contributed by atoms with Crippen LogP contribution in [0.25, 0.3) is 0 Å². The molecular formula is C21H33F3O. The Labute approximate surface area is 150 Å². The van der Waals surface area contributed by atoms with Gasteiger partial charge in [-0.15, -0.1) is 0 Å². The first-order valence-electron chi connectivity index (χ1n) is 10.3. The molecule has 0 aliphatic heterocycles. The molecule has 1 nitrogen and oxygen atoms in total. The molecule has 144 valence electrons. The number of ether oxygens (including phenoxy) is 1. The second kappa shape index (κ2) is 5.87. The Kier molecular flexibility index (Phi) is 4.26. The fourth-order valence-electron chi connectivity index (χ4n) is 7.89. The van der Waals surface area contributed by atoms with Crippen LogP contribution in [0.3, 0.4) is 0 Å². The van der Waals surface area contributed by atoms with Crippen LogP contribution >= 0.6 is 0 Å². The van der Waals surface area contributed by atoms with Gasteiger partial charge < -0.3 is 4.74 Å². The number of hydrogen-bond acceptors (Lipinski definition) is 1. The van der Waals surface area contributed by atoms with Gasteiger partial charge in [-0.25, -0.2) is 0 Å². The molecule has 4 fully saturated rings. The maximum Gasteiger partial charge on any atom is 0.391 e. The SMILES string of the molecule is CO[C@H]1CC[C@H]2[C@@H]3CC[C@@H]4C[C@@H](C(F)(F)F)CC[C@]4(C)[C@H]3CC[C@]12C. The zero-order valence-corrected chi connectivity index (χ0v) is 15.9. The molecule has 0 heterocycles. The lowest BCUT2D eigenvalue weighted by molar-refractivity contribution is -0.208. The Hall–Kier alpha value is -0.250. The monoisotopic (exact) mass is 358 g/mol. The summed E-state index contributed by atoms with van der Waals surface area (Å²) in [6, 6.07) is 0. The summed E-state index contributed by atoms with van der Waals surface area (Å²) in [7, 11) is 1.85. The molecule has 4 heteroatoms. The van der Waals surface area contributed by atoms with E-state index in [1.165, 1.54) is 19.3 Å². The van der Waals surface area contributed by atoms with E-state index in [0.717, 1.165) is 25.7 Å². The van der Waals surface area contributed by atoms with Crippen molar-refractivity contribution in [3.8, 4) is 0 Å². The molecule has 25 heavy (non-hydrogen) atoms. The van der Waals surface area contributed by atoms with Gasteiger partial charge in [0, 0.05) is 7.11 Å². The topological polar surface area (TPSA) is 9.23 Å². The molecule has 0 aromatic rings. The van der Waals surface area contributed by atoms with Crippen molar-refractivity contribution in [2.45, 2.75) is 83.9 Å². The molecular weight excluding hydrogens is 325 g/mol. The van der Waals surface area contributed by atoms with E-state index >= 15 is 0 Å². The van der Waals surface area contributed by atoms with Crippen molar-refractivity contribution < 1.29 is 17.9 Å². The average molecular weight is 358 g/mol. The van der Waals surface area contributed by atoms with Gasteiger partial charge in [-0.05, 0) is 92.3 Å². The molecule has 0 saturated heterocycles. The van der Waals surface area contributed by atoms with Gasteiger partial charge in [0.25, 0.3) is 0 Å². The Morgan fingerprint density at radius 3 is 2.20 bits per heavy atom. The van der Waals surface area contributed by atoms with Gasteiger partial charge >= 0.3 is 6.18 Å². The van der Waals surface area contributed by atoms with Crippen molar-refractivity contribution in [2.24, 2.45) is 40.4 Å². The van der Waals surface area contributed by atoms with Crippen molar-refractivity contribution >= 4 is 0 Å². The van der Waals surface area contributed by atoms with E-state index in [2.05, 4.69) is 13.8 Å². The normalized spacial score (nSPS) is 53.0. The number of methoxy groups -OCH3 is 1. The molecule has 0 spiro atoms. The third-order valence-electron chi connectivity index (χ3n) is 9.33. The van der Waals surface area contributed by atoms with Crippen molar-refractivity contribution in [3.63, 3.8) is 0 Å². The lowest BCUT2D eigenvalue weighted by atomic mass is 9.44. The molecule has 0 amide bonds. The van der Waals surface area contributed by atoms with Crippen molar-refractivity contribution in [1.29, 1.82) is 0 Å². The third kappa shape index (κ3) is 2.60. The van der Waals surface area contributed by atoms with E-state index in [-0.39, 0.29) is 11.3 Å². The van der Waals surface area contributed by atoms with E-state index in [1.807, 2.05) is 7.11 Å². The van der Waals surface area contributed by atoms with Gasteiger partial charge in [-0.3, -0.25) is 0 Å². The highest BCUT2D eigenvalue weighted by Crippen LogP contribution is 2.67. The summed E-state index contributed by atoms with van der Waals surface area (Å²) in [6.07, 6.45) is 4.85. The molecule has 4 aliphatic rings. The molecule has 0 unspecified atom stereocenters. The number of hydrogen-bond donors (Lipinski definition) is 0. The molecule has 4 saturated carbocycles. The first kappa shape index (κ1) is 18.1. The van der Waals surface area contributed by atoms with Crippen LogP contribution in [-0.4, -0.2) is 19.4 Å². The fourth-order valence-corrected chi connectivity index (χ4v) is 7.89. The summed E-state index contributed by atoms with van der Waals surface area (Å²) < 4.78 is 45.6. The van der Waals surface area contributed by atoms with Crippen LogP contribution in [0.1, 0.15) is 71.6 Å². The van der Waals surface area contributed by atoms with E-state index in [9.17, 15) is 13.2 Å². The highest BCUT2D eigenvalue weighted by Gasteiger charge is 2.61. The highest BCUT2D eigenvalue weighted by molar-refractivity contribution is 5.09. The molecule has 0 N–H and O–H groups in total. The minimum absolute atomic E-state index is 0.136. The third-order valence-corrected chi connectivity index (χ3v) is 9.33. The number of fused-ring (bicyclic) bond motifs is 5. The second-order valence-electron chi connectivity index (χ2n) is 10.0. The highest BCUT2D eigenvalue weighted by atomic mass is 19.4. The van der Waals surface area contributed by atoms with Gasteiger partial charge in [0.05, 0.1) is 12.0 Å². The molecule has 0 aromatic carbocycles. The summed E-state index contributed by atoms with van der Waals surface area (Å²) >= 11 is 0. The molecule has 4 aliphatic carbocycles. The van der Waals surface area contributed by atoms with Crippen LogP contribution in [-0.2, 0) is 4.74 Å². The van der Waals surface area contributed by atoms with Crippen molar-refractivity contribution in [2.75, 3.05) is 7.11 Å². The zero-order chi connectivity index (χ0) is 18.0. The van der Waals surface area contributed by atoms with Gasteiger partial charge in [0.15, 0.2) is 0 Å². The summed E-state index contributed by atoms with van der Waals surface area (Å²) in [4.78, 5) is 0. The van der Waals surface area contributed by atoms with Crippen LogP contribution in [0, 0.1) is 40.4 Å². The quantitative estimate of drug-likeness (QED) is 0.540. The van der Waals surface area contributed by atoms with Gasteiger partial charge in [-0.2, -0.15) is 13.2 Å². The predicted octanol–water partition coefficient (Wildman–Crippen LogP) is 6.22. The van der Waals surface area contributed by atoms with Crippen LogP contribution in [0.5, 0.6) is 0 Å². The summed E-state index contributed by atoms with van der Waals surface area (Å²) in [5, 5.41) is 0. The fraction of sp³-hybridized carbons (Fsp3) is 1.00. The molecule has 4 rings (SSSR count). The van der Waals surface area contributed by atoms with Gasteiger partial charge in [-0.1, -0.05) is 13.8 Å². The largest absolute Gasteiger partial charge is 0.391 e. The molecule has 0 bridgehead atoms. The first-order chi connectivity index (χ1) is 11.7. The van der Waals surface area contributed by atoms with Gasteiger partial charge in [0.2, 0.25) is 0 Å². The summed E-state index contributed by atoms with van der Waals surface area (Å²) in [5.41, 5.74) is 0.430. The lowest BCUT2D eigenvalue weighted by Gasteiger charge is -2.61. The van der Waals surface area contributed by atoms with Crippen molar-refractivity contribution in [1.82, 2.24) is 0 Å². The maximum atomic E-state index is 13.3. The minimum atomic E-state index is -4.00. The zero-order valence-electron chi connectivity index (χ0n) is 15.9. The van der Waals surface area contributed by atoms with Crippen molar-refractivity contribution in [3.05, 3.63) is 0 Å². The summed E-state index contributed by atoms with van der Waals surface area (Å²) in [6.45, 7) is 4.76. The molecule has 0 aromatic heterocycles. The van der Waals surface area contributed by atoms with Crippen LogP contribution < -0.4 is 0 Å². The smallest absolute Gasteiger partial charge is 0.381 e. The van der Waals surface area contributed by atoms with Crippen LogP contribution in [0.2, 0.25) is 0 Å². The number of halogens is 3.